The number of rotatable bonds is 6. The van der Waals surface area contributed by atoms with E-state index < -0.39 is 14.6 Å². The Bertz CT molecular complexity index is 711. The number of nitrogens with one attached hydrogen (secondary N) is 2. The Morgan fingerprint density at radius 3 is 2.59 bits per heavy atom. The van der Waals surface area contributed by atoms with Gasteiger partial charge >= 0.3 is 0 Å². The van der Waals surface area contributed by atoms with Gasteiger partial charge in [0.1, 0.15) is 0 Å². The summed E-state index contributed by atoms with van der Waals surface area (Å²) in [4.78, 5) is 6.71. The smallest absolute Gasteiger partial charge is 0.191 e. The molecule has 7 heteroatoms. The molecule has 0 bridgehead atoms. The first-order valence-electron chi connectivity index (χ1n) is 9.67. The second kappa shape index (κ2) is 9.55. The van der Waals surface area contributed by atoms with Crippen molar-refractivity contribution in [2.24, 2.45) is 4.99 Å². The number of piperidine rings is 1. The molecular formula is C20H34N4O2S. The number of nitrogens with zero attached hydrogens (tertiary/aromatic N) is 2. The number of likely N-dealkylation sites (tertiary alicyclic amines) is 1. The van der Waals surface area contributed by atoms with Crippen LogP contribution in [-0.2, 0) is 16.4 Å². The fourth-order valence-electron chi connectivity index (χ4n) is 3.16. The van der Waals surface area contributed by atoms with Gasteiger partial charge in [0.15, 0.2) is 15.8 Å². The molecule has 0 aromatic heterocycles. The van der Waals surface area contributed by atoms with Crippen LogP contribution in [0, 0.1) is 0 Å². The Hall–Kier alpha value is -1.60. The van der Waals surface area contributed by atoms with E-state index in [0.29, 0.717) is 18.5 Å². The largest absolute Gasteiger partial charge is 0.355 e. The molecule has 6 nitrogen and oxygen atoms in total. The van der Waals surface area contributed by atoms with Crippen LogP contribution in [0.25, 0.3) is 0 Å². The summed E-state index contributed by atoms with van der Waals surface area (Å²) in [5, 5.41) is 6.60. The van der Waals surface area contributed by atoms with E-state index in [9.17, 15) is 8.42 Å². The van der Waals surface area contributed by atoms with Gasteiger partial charge in [-0.3, -0.25) is 9.89 Å². The van der Waals surface area contributed by atoms with Crippen molar-refractivity contribution < 1.29 is 8.42 Å². The number of aliphatic imine (C=N–C) groups is 1. The molecule has 0 saturated carbocycles. The van der Waals surface area contributed by atoms with Crippen molar-refractivity contribution in [1.29, 1.82) is 0 Å². The van der Waals surface area contributed by atoms with Gasteiger partial charge < -0.3 is 10.6 Å². The molecule has 1 heterocycles. The number of guanidine groups is 1. The van der Waals surface area contributed by atoms with E-state index in [-0.39, 0.29) is 5.75 Å². The molecule has 1 aliphatic heterocycles. The van der Waals surface area contributed by atoms with Crippen molar-refractivity contribution in [3.63, 3.8) is 0 Å². The minimum Gasteiger partial charge on any atom is -0.355 e. The Balaban J connectivity index is 1.81. The molecule has 1 fully saturated rings. The highest BCUT2D eigenvalue weighted by Crippen LogP contribution is 2.15. The molecule has 152 valence electrons. The fraction of sp³-hybridized carbons (Fsp3) is 0.650. The molecule has 1 aromatic carbocycles. The topological polar surface area (TPSA) is 73.8 Å². The van der Waals surface area contributed by atoms with Crippen LogP contribution in [0.4, 0.5) is 0 Å². The van der Waals surface area contributed by atoms with Crippen molar-refractivity contribution in [1.82, 2.24) is 15.5 Å². The van der Waals surface area contributed by atoms with Crippen molar-refractivity contribution in [2.45, 2.75) is 50.9 Å². The molecule has 0 amide bonds. The predicted molar refractivity (Wildman–Crippen MR) is 113 cm³/mol. The maximum Gasteiger partial charge on any atom is 0.191 e. The first kappa shape index (κ1) is 21.7. The van der Waals surface area contributed by atoms with Crippen LogP contribution in [0.15, 0.2) is 35.3 Å². The van der Waals surface area contributed by atoms with E-state index in [4.69, 9.17) is 0 Å². The van der Waals surface area contributed by atoms with Crippen LogP contribution in [0.3, 0.4) is 0 Å². The minimum absolute atomic E-state index is 0.0992. The van der Waals surface area contributed by atoms with Crippen LogP contribution in [0.5, 0.6) is 0 Å². The number of sulfone groups is 1. The van der Waals surface area contributed by atoms with Crippen molar-refractivity contribution in [3.05, 3.63) is 35.9 Å². The van der Waals surface area contributed by atoms with E-state index >= 15 is 0 Å². The molecule has 1 aromatic rings. The predicted octanol–water partition coefficient (Wildman–Crippen LogP) is 2.03. The van der Waals surface area contributed by atoms with Crippen LogP contribution >= 0.6 is 0 Å². The third-order valence-corrected chi connectivity index (χ3v) is 7.52. The summed E-state index contributed by atoms with van der Waals surface area (Å²) in [6.07, 6.45) is 2.23. The summed E-state index contributed by atoms with van der Waals surface area (Å²) < 4.78 is 23.7. The van der Waals surface area contributed by atoms with Crippen molar-refractivity contribution >= 4 is 15.8 Å². The summed E-state index contributed by atoms with van der Waals surface area (Å²) in [6.45, 7) is 8.57. The second-order valence-electron chi connectivity index (χ2n) is 8.13. The third kappa shape index (κ3) is 6.81. The lowest BCUT2D eigenvalue weighted by atomic mass is 10.0. The summed E-state index contributed by atoms with van der Waals surface area (Å²) in [6, 6.07) is 10.8. The first-order chi connectivity index (χ1) is 12.7. The second-order valence-corrected chi connectivity index (χ2v) is 11.0. The zero-order chi connectivity index (χ0) is 19.9. The highest BCUT2D eigenvalue weighted by molar-refractivity contribution is 7.92. The average molecular weight is 395 g/mol. The van der Waals surface area contributed by atoms with E-state index in [2.05, 4.69) is 44.8 Å². The van der Waals surface area contributed by atoms with Gasteiger partial charge in [-0.1, -0.05) is 30.3 Å². The van der Waals surface area contributed by atoms with E-state index in [1.54, 1.807) is 27.8 Å². The molecule has 1 saturated heterocycles. The summed E-state index contributed by atoms with van der Waals surface area (Å²) in [5.74, 6) is 0.771. The Morgan fingerprint density at radius 1 is 1.26 bits per heavy atom. The number of hydrogen-bond acceptors (Lipinski definition) is 4. The molecule has 0 radical (unpaired) electrons. The van der Waals surface area contributed by atoms with Crippen LogP contribution in [-0.4, -0.2) is 62.5 Å². The van der Waals surface area contributed by atoms with E-state index in [1.807, 2.05) is 6.07 Å². The molecule has 1 unspecified atom stereocenters. The fourth-order valence-corrected chi connectivity index (χ4v) is 4.14. The number of hydrogen-bond donors (Lipinski definition) is 2. The highest BCUT2D eigenvalue weighted by atomic mass is 32.2. The first-order valence-corrected chi connectivity index (χ1v) is 11.3. The lowest BCUT2D eigenvalue weighted by Crippen LogP contribution is -2.51. The summed E-state index contributed by atoms with van der Waals surface area (Å²) in [5.41, 5.74) is 1.33. The number of benzene rings is 1. The molecule has 27 heavy (non-hydrogen) atoms. The van der Waals surface area contributed by atoms with Gasteiger partial charge in [-0.05, 0) is 45.7 Å². The lowest BCUT2D eigenvalue weighted by molar-refractivity contribution is 0.192. The Labute approximate surface area is 164 Å². The molecule has 2 rings (SSSR count). The molecule has 0 spiro atoms. The lowest BCUT2D eigenvalue weighted by Gasteiger charge is -2.34. The van der Waals surface area contributed by atoms with Gasteiger partial charge in [0.2, 0.25) is 0 Å². The van der Waals surface area contributed by atoms with E-state index in [0.717, 1.165) is 32.5 Å². The third-order valence-electron chi connectivity index (χ3n) is 4.92. The molecule has 1 atom stereocenters. The normalized spacial score (nSPS) is 19.7. The minimum atomic E-state index is -3.13. The highest BCUT2D eigenvalue weighted by Gasteiger charge is 2.28. The SMILES string of the molecule is CN=C(NCCS(=O)(=O)C(C)(C)C)NC1CCCN(Cc2ccccc2)C1. The van der Waals surface area contributed by atoms with Gasteiger partial charge in [-0.2, -0.15) is 0 Å². The van der Waals surface area contributed by atoms with Crippen LogP contribution < -0.4 is 10.6 Å². The van der Waals surface area contributed by atoms with Gasteiger partial charge in [0.05, 0.1) is 10.5 Å². The summed E-state index contributed by atoms with van der Waals surface area (Å²) in [7, 11) is -1.41. The van der Waals surface area contributed by atoms with Gasteiger partial charge in [-0.15, -0.1) is 0 Å². The summed E-state index contributed by atoms with van der Waals surface area (Å²) >= 11 is 0. The van der Waals surface area contributed by atoms with Crippen LogP contribution in [0.2, 0.25) is 0 Å². The zero-order valence-electron chi connectivity index (χ0n) is 17.0. The quantitative estimate of drug-likeness (QED) is 0.570. The molecule has 1 aliphatic rings. The average Bonchev–Trinajstić information content (AvgIpc) is 2.61. The van der Waals surface area contributed by atoms with Crippen molar-refractivity contribution in [3.8, 4) is 0 Å². The molecular weight excluding hydrogens is 360 g/mol. The Kier molecular flexibility index (Phi) is 7.68. The maximum atomic E-state index is 12.2. The maximum absolute atomic E-state index is 12.2. The van der Waals surface area contributed by atoms with Gasteiger partial charge in [-0.25, -0.2) is 8.42 Å². The van der Waals surface area contributed by atoms with Gasteiger partial charge in [0, 0.05) is 32.7 Å². The van der Waals surface area contributed by atoms with Crippen LogP contribution in [0.1, 0.15) is 39.2 Å². The monoisotopic (exact) mass is 394 g/mol. The molecule has 0 aliphatic carbocycles. The van der Waals surface area contributed by atoms with Gasteiger partial charge in [0.25, 0.3) is 0 Å². The molecule has 2 N–H and O–H groups in total. The Morgan fingerprint density at radius 2 is 1.96 bits per heavy atom. The van der Waals surface area contributed by atoms with Crippen molar-refractivity contribution in [2.75, 3.05) is 32.4 Å². The van der Waals surface area contributed by atoms with E-state index in [1.165, 1.54) is 5.56 Å². The zero-order valence-corrected chi connectivity index (χ0v) is 17.8. The standard InChI is InChI=1S/C20H34N4O2S/c1-20(2,3)27(25,26)14-12-22-19(21-4)23-18-11-8-13-24(16-18)15-17-9-6-5-7-10-17/h5-7,9-10,18H,8,11-16H2,1-4H3,(H2,21,22,23).